The van der Waals surface area contributed by atoms with E-state index in [0.717, 1.165) is 0 Å². The van der Waals surface area contributed by atoms with Crippen molar-refractivity contribution in [2.45, 2.75) is 20.1 Å². The number of rotatable bonds is 5. The van der Waals surface area contributed by atoms with Crippen molar-refractivity contribution in [3.8, 4) is 5.75 Å². The van der Waals surface area contributed by atoms with E-state index >= 15 is 0 Å². The molecule has 0 saturated heterocycles. The molecule has 0 spiro atoms. The minimum atomic E-state index is -2.85. The molecule has 9 heteroatoms. The van der Waals surface area contributed by atoms with Crippen molar-refractivity contribution in [2.75, 3.05) is 5.32 Å². The van der Waals surface area contributed by atoms with Crippen LogP contribution in [0.5, 0.6) is 5.75 Å². The summed E-state index contributed by atoms with van der Waals surface area (Å²) in [6, 6.07) is 6.62. The number of hydrogen-bond acceptors (Lipinski definition) is 6. The standard InChI is InChI=1S/C13H12F2N6O/c1-8-18-19-12-5-4-11(20-21(8)12)17-6-9-2-3-10(7-16-9)22-13(14)15/h2-5,7,13H,6H2,1H3,(H,17,20). The summed E-state index contributed by atoms with van der Waals surface area (Å²) in [6.07, 6.45) is 1.25. The Morgan fingerprint density at radius 1 is 1.23 bits per heavy atom. The van der Waals surface area contributed by atoms with Gasteiger partial charge >= 0.3 is 6.61 Å². The number of alkyl halides is 2. The van der Waals surface area contributed by atoms with Gasteiger partial charge in [0.25, 0.3) is 0 Å². The molecule has 22 heavy (non-hydrogen) atoms. The number of pyridine rings is 1. The number of halogens is 2. The van der Waals surface area contributed by atoms with Crippen LogP contribution in [0, 0.1) is 6.92 Å². The number of nitrogens with one attached hydrogen (secondary N) is 1. The van der Waals surface area contributed by atoms with Crippen LogP contribution in [0.25, 0.3) is 5.65 Å². The maximum atomic E-state index is 12.0. The van der Waals surface area contributed by atoms with Crippen LogP contribution in [0.15, 0.2) is 30.5 Å². The molecule has 3 heterocycles. The summed E-state index contributed by atoms with van der Waals surface area (Å²) in [5.41, 5.74) is 1.33. The smallest absolute Gasteiger partial charge is 0.387 e. The third kappa shape index (κ3) is 3.08. The Balaban J connectivity index is 1.66. The van der Waals surface area contributed by atoms with Gasteiger partial charge in [0.15, 0.2) is 11.5 Å². The first kappa shape index (κ1) is 14.1. The second-order valence-electron chi connectivity index (χ2n) is 4.45. The molecule has 1 N–H and O–H groups in total. The Kier molecular flexibility index (Phi) is 3.77. The van der Waals surface area contributed by atoms with E-state index in [-0.39, 0.29) is 5.75 Å². The molecular formula is C13H12F2N6O. The SMILES string of the molecule is Cc1nnc2ccc(NCc3ccc(OC(F)F)cn3)nn12. The lowest BCUT2D eigenvalue weighted by Gasteiger charge is -2.07. The van der Waals surface area contributed by atoms with E-state index in [1.807, 2.05) is 0 Å². The summed E-state index contributed by atoms with van der Waals surface area (Å²) in [5.74, 6) is 1.34. The fourth-order valence-electron chi connectivity index (χ4n) is 1.86. The molecule has 0 aliphatic carbocycles. The van der Waals surface area contributed by atoms with Crippen molar-refractivity contribution in [3.63, 3.8) is 0 Å². The summed E-state index contributed by atoms with van der Waals surface area (Å²) in [4.78, 5) is 4.04. The van der Waals surface area contributed by atoms with Gasteiger partial charge in [-0.15, -0.1) is 15.3 Å². The summed E-state index contributed by atoms with van der Waals surface area (Å²) in [5, 5.41) is 15.3. The van der Waals surface area contributed by atoms with E-state index < -0.39 is 6.61 Å². The molecule has 3 rings (SSSR count). The van der Waals surface area contributed by atoms with Crippen LogP contribution in [-0.4, -0.2) is 31.4 Å². The fourth-order valence-corrected chi connectivity index (χ4v) is 1.86. The lowest BCUT2D eigenvalue weighted by molar-refractivity contribution is -0.0500. The highest BCUT2D eigenvalue weighted by Crippen LogP contribution is 2.13. The number of ether oxygens (including phenoxy) is 1. The van der Waals surface area contributed by atoms with E-state index in [0.29, 0.717) is 29.5 Å². The quantitative estimate of drug-likeness (QED) is 0.777. The van der Waals surface area contributed by atoms with E-state index in [4.69, 9.17) is 0 Å². The second kappa shape index (κ2) is 5.88. The van der Waals surface area contributed by atoms with Gasteiger partial charge in [0.1, 0.15) is 11.6 Å². The summed E-state index contributed by atoms with van der Waals surface area (Å²) in [6.45, 7) is -0.650. The van der Waals surface area contributed by atoms with Gasteiger partial charge in [-0.25, -0.2) is 0 Å². The number of hydrogen-bond donors (Lipinski definition) is 1. The molecule has 114 valence electrons. The molecular weight excluding hydrogens is 294 g/mol. The summed E-state index contributed by atoms with van der Waals surface area (Å²) in [7, 11) is 0. The van der Waals surface area contributed by atoms with Crippen molar-refractivity contribution >= 4 is 11.5 Å². The molecule has 0 bridgehead atoms. The lowest BCUT2D eigenvalue weighted by Crippen LogP contribution is -2.06. The topological polar surface area (TPSA) is 77.2 Å². The molecule has 0 fully saturated rings. The number of fused-ring (bicyclic) bond motifs is 1. The molecule has 0 atom stereocenters. The van der Waals surface area contributed by atoms with Crippen molar-refractivity contribution < 1.29 is 13.5 Å². The normalized spacial score (nSPS) is 11.1. The van der Waals surface area contributed by atoms with Crippen LogP contribution >= 0.6 is 0 Å². The van der Waals surface area contributed by atoms with Gasteiger partial charge in [0.05, 0.1) is 18.4 Å². The molecule has 0 saturated carbocycles. The average molecular weight is 306 g/mol. The Morgan fingerprint density at radius 2 is 2.09 bits per heavy atom. The number of anilines is 1. The van der Waals surface area contributed by atoms with Crippen molar-refractivity contribution in [1.29, 1.82) is 0 Å². The highest BCUT2D eigenvalue weighted by molar-refractivity contribution is 5.44. The third-order valence-corrected chi connectivity index (χ3v) is 2.89. The van der Waals surface area contributed by atoms with Crippen LogP contribution < -0.4 is 10.1 Å². The number of aryl methyl sites for hydroxylation is 1. The summed E-state index contributed by atoms with van der Waals surface area (Å²) >= 11 is 0. The Labute approximate surface area is 124 Å². The monoisotopic (exact) mass is 306 g/mol. The zero-order valence-electron chi connectivity index (χ0n) is 11.6. The van der Waals surface area contributed by atoms with Crippen LogP contribution in [0.2, 0.25) is 0 Å². The van der Waals surface area contributed by atoms with Gasteiger partial charge in [-0.05, 0) is 31.2 Å². The van der Waals surface area contributed by atoms with Crippen LogP contribution in [0.4, 0.5) is 14.6 Å². The molecule has 0 aromatic carbocycles. The Bertz CT molecular complexity index is 774. The third-order valence-electron chi connectivity index (χ3n) is 2.89. The molecule has 0 radical (unpaired) electrons. The van der Waals surface area contributed by atoms with E-state index in [1.165, 1.54) is 12.3 Å². The zero-order valence-corrected chi connectivity index (χ0v) is 11.6. The van der Waals surface area contributed by atoms with E-state index in [2.05, 4.69) is 30.3 Å². The molecule has 3 aromatic heterocycles. The number of aromatic nitrogens is 5. The average Bonchev–Trinajstić information content (AvgIpc) is 2.87. The first-order chi connectivity index (χ1) is 10.6. The lowest BCUT2D eigenvalue weighted by atomic mass is 10.3. The Morgan fingerprint density at radius 3 is 2.82 bits per heavy atom. The highest BCUT2D eigenvalue weighted by atomic mass is 19.3. The maximum Gasteiger partial charge on any atom is 0.387 e. The predicted octanol–water partition coefficient (Wildman–Crippen LogP) is 2.04. The molecule has 3 aromatic rings. The molecule has 0 aliphatic rings. The van der Waals surface area contributed by atoms with Gasteiger partial charge in [0.2, 0.25) is 0 Å². The largest absolute Gasteiger partial charge is 0.433 e. The minimum absolute atomic E-state index is 0.0263. The Hall–Kier alpha value is -2.84. The molecule has 0 amide bonds. The van der Waals surface area contributed by atoms with Gasteiger partial charge in [-0.2, -0.15) is 13.3 Å². The van der Waals surface area contributed by atoms with Crippen LogP contribution in [-0.2, 0) is 6.54 Å². The van der Waals surface area contributed by atoms with Gasteiger partial charge in [-0.3, -0.25) is 4.98 Å². The first-order valence-electron chi connectivity index (χ1n) is 6.44. The van der Waals surface area contributed by atoms with Gasteiger partial charge in [0, 0.05) is 0 Å². The molecule has 0 unspecified atom stereocenters. The fraction of sp³-hybridized carbons (Fsp3) is 0.231. The highest BCUT2D eigenvalue weighted by Gasteiger charge is 2.06. The maximum absolute atomic E-state index is 12.0. The number of nitrogens with zero attached hydrogens (tertiary/aromatic N) is 5. The van der Waals surface area contributed by atoms with E-state index in [1.54, 1.807) is 29.6 Å². The van der Waals surface area contributed by atoms with Gasteiger partial charge in [-0.1, -0.05) is 0 Å². The van der Waals surface area contributed by atoms with Gasteiger partial charge < -0.3 is 10.1 Å². The van der Waals surface area contributed by atoms with Crippen molar-refractivity contribution in [2.24, 2.45) is 0 Å². The zero-order chi connectivity index (χ0) is 15.5. The van der Waals surface area contributed by atoms with E-state index in [9.17, 15) is 8.78 Å². The minimum Gasteiger partial charge on any atom is -0.433 e. The second-order valence-corrected chi connectivity index (χ2v) is 4.45. The van der Waals surface area contributed by atoms with Crippen molar-refractivity contribution in [1.82, 2.24) is 24.8 Å². The predicted molar refractivity (Wildman–Crippen MR) is 73.7 cm³/mol. The van der Waals surface area contributed by atoms with Crippen LogP contribution in [0.3, 0.4) is 0 Å². The molecule has 0 aliphatic heterocycles. The molecule has 7 nitrogen and oxygen atoms in total. The van der Waals surface area contributed by atoms with Crippen LogP contribution in [0.1, 0.15) is 11.5 Å². The summed E-state index contributed by atoms with van der Waals surface area (Å²) < 4.78 is 29.9. The first-order valence-corrected chi connectivity index (χ1v) is 6.44. The van der Waals surface area contributed by atoms with Crippen molar-refractivity contribution in [3.05, 3.63) is 42.0 Å².